The van der Waals surface area contributed by atoms with Crippen molar-refractivity contribution in [3.63, 3.8) is 0 Å². The average Bonchev–Trinajstić information content (AvgIpc) is 3.39. The van der Waals surface area contributed by atoms with E-state index in [0.29, 0.717) is 0 Å². The van der Waals surface area contributed by atoms with Crippen LogP contribution in [0.2, 0.25) is 0 Å². The van der Waals surface area contributed by atoms with Crippen molar-refractivity contribution >= 4 is 58.7 Å². The van der Waals surface area contributed by atoms with Crippen LogP contribution in [0, 0.1) is 0 Å². The van der Waals surface area contributed by atoms with E-state index in [0.717, 1.165) is 21.8 Å². The van der Waals surface area contributed by atoms with Gasteiger partial charge in [-0.1, -0.05) is 69.3 Å². The molecule has 2 N–H and O–H groups in total. The maximum Gasteiger partial charge on any atom is 0.126 e. The predicted octanol–water partition coefficient (Wildman–Crippen LogP) is 8.88. The van der Waals surface area contributed by atoms with Gasteiger partial charge in [-0.15, -0.1) is 22.7 Å². The van der Waals surface area contributed by atoms with Crippen LogP contribution >= 0.6 is 22.7 Å². The van der Waals surface area contributed by atoms with Gasteiger partial charge in [0.2, 0.25) is 0 Å². The highest BCUT2D eigenvalue weighted by Gasteiger charge is 2.21. The first-order valence-electron chi connectivity index (χ1n) is 11.1. The molecule has 0 bridgehead atoms. The van der Waals surface area contributed by atoms with Crippen molar-refractivity contribution in [3.05, 3.63) is 84.4 Å². The van der Waals surface area contributed by atoms with Gasteiger partial charge in [0.25, 0.3) is 0 Å². The zero-order valence-electron chi connectivity index (χ0n) is 18.8. The normalized spacial score (nSPS) is 12.2. The van der Waals surface area contributed by atoms with E-state index in [9.17, 15) is 0 Å². The third-order valence-corrected chi connectivity index (χ3v) is 8.50. The van der Waals surface area contributed by atoms with E-state index in [2.05, 4.69) is 81.4 Å². The number of rotatable bonds is 2. The Morgan fingerprint density at radius 1 is 0.697 bits per heavy atom. The van der Waals surface area contributed by atoms with E-state index in [-0.39, 0.29) is 5.41 Å². The number of thiophene rings is 1. The first-order chi connectivity index (χ1) is 15.9. The van der Waals surface area contributed by atoms with Gasteiger partial charge >= 0.3 is 0 Å². The number of nitrogens with two attached hydrogens (primary N) is 1. The zero-order valence-corrected chi connectivity index (χ0v) is 20.5. The molecule has 0 amide bonds. The summed E-state index contributed by atoms with van der Waals surface area (Å²) in [5.74, 6) is 0. The molecule has 0 radical (unpaired) electrons. The van der Waals surface area contributed by atoms with Crippen LogP contribution in [0.25, 0.3) is 52.1 Å². The van der Waals surface area contributed by atoms with E-state index in [1.54, 1.807) is 11.3 Å². The highest BCUT2D eigenvalue weighted by molar-refractivity contribution is 7.26. The quantitative estimate of drug-likeness (QED) is 0.260. The predicted molar refractivity (Wildman–Crippen MR) is 146 cm³/mol. The van der Waals surface area contributed by atoms with Gasteiger partial charge < -0.3 is 5.73 Å². The largest absolute Gasteiger partial charge is 0.398 e. The Kier molecular flexibility index (Phi) is 4.58. The van der Waals surface area contributed by atoms with Gasteiger partial charge in [0.05, 0.1) is 10.2 Å². The highest BCUT2D eigenvalue weighted by Crippen LogP contribution is 2.45. The molecule has 0 saturated heterocycles. The van der Waals surface area contributed by atoms with Crippen molar-refractivity contribution in [2.24, 2.45) is 0 Å². The van der Waals surface area contributed by atoms with Crippen LogP contribution in [0.15, 0.2) is 78.9 Å². The van der Waals surface area contributed by atoms with E-state index < -0.39 is 0 Å². The van der Waals surface area contributed by atoms with Gasteiger partial charge in [0.1, 0.15) is 5.01 Å². The van der Waals surface area contributed by atoms with Crippen LogP contribution in [0.1, 0.15) is 26.3 Å². The second-order valence-corrected chi connectivity index (χ2v) is 11.6. The van der Waals surface area contributed by atoms with Crippen molar-refractivity contribution in [2.75, 3.05) is 5.73 Å². The smallest absolute Gasteiger partial charge is 0.126 e. The summed E-state index contributed by atoms with van der Waals surface area (Å²) in [6.07, 6.45) is 0. The lowest BCUT2D eigenvalue weighted by Crippen LogP contribution is -2.11. The molecule has 0 atom stereocenters. The summed E-state index contributed by atoms with van der Waals surface area (Å²) in [4.78, 5) is 5.15. The minimum absolute atomic E-state index is 0.0346. The number of anilines is 1. The average molecular weight is 465 g/mol. The van der Waals surface area contributed by atoms with Crippen LogP contribution in [-0.4, -0.2) is 4.98 Å². The first-order valence-corrected chi connectivity index (χ1v) is 12.7. The van der Waals surface area contributed by atoms with Gasteiger partial charge in [-0.2, -0.15) is 0 Å². The minimum Gasteiger partial charge on any atom is -0.398 e. The molecular formula is C29H24N2S2. The maximum atomic E-state index is 6.31. The second kappa shape index (κ2) is 7.41. The number of fused-ring (bicyclic) bond motifs is 4. The molecule has 0 aliphatic carbocycles. The molecule has 4 aromatic carbocycles. The van der Waals surface area contributed by atoms with Crippen LogP contribution in [0.5, 0.6) is 0 Å². The maximum absolute atomic E-state index is 6.31. The van der Waals surface area contributed by atoms with E-state index >= 15 is 0 Å². The van der Waals surface area contributed by atoms with E-state index in [1.165, 1.54) is 41.6 Å². The molecule has 0 saturated carbocycles. The zero-order chi connectivity index (χ0) is 22.7. The van der Waals surface area contributed by atoms with Gasteiger partial charge in [0, 0.05) is 42.6 Å². The van der Waals surface area contributed by atoms with Crippen molar-refractivity contribution in [1.29, 1.82) is 0 Å². The molecule has 0 aliphatic rings. The van der Waals surface area contributed by atoms with Gasteiger partial charge in [-0.25, -0.2) is 4.98 Å². The molecule has 33 heavy (non-hydrogen) atoms. The van der Waals surface area contributed by atoms with Crippen molar-refractivity contribution < 1.29 is 0 Å². The van der Waals surface area contributed by atoms with Crippen LogP contribution in [0.3, 0.4) is 0 Å². The number of hydrogen-bond acceptors (Lipinski definition) is 4. The van der Waals surface area contributed by atoms with Crippen LogP contribution in [0.4, 0.5) is 5.69 Å². The molecule has 2 nitrogen and oxygen atoms in total. The summed E-state index contributed by atoms with van der Waals surface area (Å²) in [7, 11) is 0. The standard InChI is InChI=1S/C29H24N2S2/c1-29(2,3)17-15-22(20-12-8-11-19-18-9-5-7-14-24(18)32-27(19)20)26-25(16-17)33-28(31-26)21-10-4-6-13-23(21)30/h4-16H,30H2,1-3H3. The molecule has 6 aromatic rings. The number of benzene rings is 4. The third-order valence-electron chi connectivity index (χ3n) is 6.25. The molecular weight excluding hydrogens is 440 g/mol. The Hall–Kier alpha value is -3.21. The fraction of sp³-hybridized carbons (Fsp3) is 0.138. The number of para-hydroxylation sites is 1. The van der Waals surface area contributed by atoms with Gasteiger partial charge in [-0.05, 0) is 41.3 Å². The molecule has 0 unspecified atom stereocenters. The Balaban J connectivity index is 1.69. The summed E-state index contributed by atoms with van der Waals surface area (Å²) in [6, 6.07) is 28.0. The summed E-state index contributed by atoms with van der Waals surface area (Å²) in [6.45, 7) is 6.82. The molecule has 2 aromatic heterocycles. The SMILES string of the molecule is CC(C)(C)c1cc(-c2cccc3c2sc2ccccc23)c2nc(-c3ccccc3N)sc2c1. The number of thiazole rings is 1. The number of nitrogens with zero attached hydrogens (tertiary/aromatic N) is 1. The first kappa shape index (κ1) is 20.4. The number of hydrogen-bond donors (Lipinski definition) is 1. The highest BCUT2D eigenvalue weighted by atomic mass is 32.1. The number of aromatic nitrogens is 1. The summed E-state index contributed by atoms with van der Waals surface area (Å²) < 4.78 is 3.84. The Morgan fingerprint density at radius 2 is 1.42 bits per heavy atom. The third kappa shape index (κ3) is 3.33. The molecule has 4 heteroatoms. The van der Waals surface area contributed by atoms with E-state index in [4.69, 9.17) is 10.7 Å². The summed E-state index contributed by atoms with van der Waals surface area (Å²) >= 11 is 3.59. The summed E-state index contributed by atoms with van der Waals surface area (Å²) in [5.41, 5.74) is 12.9. The molecule has 0 fully saturated rings. The molecule has 0 spiro atoms. The molecule has 162 valence electrons. The number of nitrogen functional groups attached to an aromatic ring is 1. The second-order valence-electron chi connectivity index (χ2n) is 9.51. The van der Waals surface area contributed by atoms with Crippen molar-refractivity contribution in [2.45, 2.75) is 26.2 Å². The Bertz CT molecular complexity index is 1660. The fourth-order valence-electron chi connectivity index (χ4n) is 4.43. The van der Waals surface area contributed by atoms with Crippen molar-refractivity contribution in [3.8, 4) is 21.7 Å². The fourth-order valence-corrected chi connectivity index (χ4v) is 6.74. The monoisotopic (exact) mass is 464 g/mol. The molecule has 0 aliphatic heterocycles. The minimum atomic E-state index is 0.0346. The lowest BCUT2D eigenvalue weighted by Gasteiger charge is -2.20. The lowest BCUT2D eigenvalue weighted by molar-refractivity contribution is 0.591. The summed E-state index contributed by atoms with van der Waals surface area (Å²) in [5, 5.41) is 3.60. The van der Waals surface area contributed by atoms with Crippen LogP contribution in [-0.2, 0) is 5.41 Å². The van der Waals surface area contributed by atoms with Crippen LogP contribution < -0.4 is 5.73 Å². The molecule has 6 rings (SSSR count). The Morgan fingerprint density at radius 3 is 2.24 bits per heavy atom. The van der Waals surface area contributed by atoms with Gasteiger partial charge in [0.15, 0.2) is 0 Å². The van der Waals surface area contributed by atoms with Crippen molar-refractivity contribution in [1.82, 2.24) is 4.98 Å². The van der Waals surface area contributed by atoms with Gasteiger partial charge in [-0.3, -0.25) is 0 Å². The Labute approximate surface area is 201 Å². The molecule has 2 heterocycles. The lowest BCUT2D eigenvalue weighted by atomic mass is 9.85. The van der Waals surface area contributed by atoms with E-state index in [1.807, 2.05) is 29.5 Å². The topological polar surface area (TPSA) is 38.9 Å².